The lowest BCUT2D eigenvalue weighted by molar-refractivity contribution is -0.380. The summed E-state index contributed by atoms with van der Waals surface area (Å²) in [5.41, 5.74) is 2.47. The Labute approximate surface area is 169 Å². The van der Waals surface area contributed by atoms with Crippen LogP contribution < -0.4 is 5.32 Å². The summed E-state index contributed by atoms with van der Waals surface area (Å²) in [6, 6.07) is 12.6. The topological polar surface area (TPSA) is 109 Å². The van der Waals surface area contributed by atoms with Crippen LogP contribution in [-0.2, 0) is 5.41 Å². The fourth-order valence-corrected chi connectivity index (χ4v) is 3.98. The number of aromatic nitrogens is 1. The van der Waals surface area contributed by atoms with Crippen LogP contribution in [0.25, 0.3) is 11.3 Å². The van der Waals surface area contributed by atoms with Crippen molar-refractivity contribution >= 4 is 38.7 Å². The lowest BCUT2D eigenvalue weighted by Gasteiger charge is -2.18. The molecule has 3 rings (SSSR count). The van der Waals surface area contributed by atoms with Crippen molar-refractivity contribution in [2.24, 2.45) is 0 Å². The molecule has 0 saturated heterocycles. The van der Waals surface area contributed by atoms with Crippen molar-refractivity contribution in [3.05, 3.63) is 61.8 Å². The molecule has 28 heavy (non-hydrogen) atoms. The minimum atomic E-state index is -0.544. The Morgan fingerprint density at radius 1 is 1.18 bits per heavy atom. The number of nitrogens with zero attached hydrogens (tertiary/aromatic N) is 3. The number of carbonyl (C=O) groups is 1. The lowest BCUT2D eigenvalue weighted by Crippen LogP contribution is -2.10. The van der Waals surface area contributed by atoms with E-state index < -0.39 is 10.8 Å². The molecule has 142 valence electrons. The maximum atomic E-state index is 12.3. The molecule has 0 aliphatic heterocycles. The van der Waals surface area contributed by atoms with Gasteiger partial charge in [-0.2, -0.15) is 5.26 Å². The number of nitro groups is 1. The number of carbonyl (C=O) groups excluding carboxylic acids is 1. The summed E-state index contributed by atoms with van der Waals surface area (Å²) in [5.74, 6) is -0.494. The van der Waals surface area contributed by atoms with Crippen LogP contribution in [0.3, 0.4) is 0 Å². The van der Waals surface area contributed by atoms with Gasteiger partial charge in [0.2, 0.25) is 0 Å². The van der Waals surface area contributed by atoms with Crippen molar-refractivity contribution in [1.29, 1.82) is 5.26 Å². The van der Waals surface area contributed by atoms with Crippen LogP contribution in [0.2, 0.25) is 0 Å². The number of thiophene rings is 1. The largest absolute Gasteiger partial charge is 0.324 e. The zero-order valence-corrected chi connectivity index (χ0v) is 17.0. The summed E-state index contributed by atoms with van der Waals surface area (Å²) in [6.07, 6.45) is 0. The first kappa shape index (κ1) is 19.7. The highest BCUT2D eigenvalue weighted by Crippen LogP contribution is 2.33. The predicted octanol–water partition coefficient (Wildman–Crippen LogP) is 5.20. The summed E-state index contributed by atoms with van der Waals surface area (Å²) in [7, 11) is 0. The van der Waals surface area contributed by atoms with Crippen LogP contribution in [-0.4, -0.2) is 15.8 Å². The molecule has 0 bridgehead atoms. The van der Waals surface area contributed by atoms with Gasteiger partial charge in [0.15, 0.2) is 5.13 Å². The molecular formula is C19H16N4O3S2. The molecule has 2 heterocycles. The minimum absolute atomic E-state index is 0.0150. The van der Waals surface area contributed by atoms with Gasteiger partial charge in [-0.05, 0) is 17.0 Å². The highest BCUT2D eigenvalue weighted by molar-refractivity contribution is 7.18. The third kappa shape index (κ3) is 4.08. The highest BCUT2D eigenvalue weighted by atomic mass is 32.1. The molecular weight excluding hydrogens is 396 g/mol. The average molecular weight is 412 g/mol. The van der Waals surface area contributed by atoms with Crippen molar-refractivity contribution in [3.8, 4) is 17.3 Å². The fraction of sp³-hybridized carbons (Fsp3) is 0.211. The number of nitriles is 1. The van der Waals surface area contributed by atoms with E-state index in [0.717, 1.165) is 33.8 Å². The number of nitrogens with one attached hydrogen (secondary N) is 1. The Hall–Kier alpha value is -3.09. The zero-order valence-electron chi connectivity index (χ0n) is 15.3. The molecule has 7 nitrogen and oxygen atoms in total. The van der Waals surface area contributed by atoms with Crippen molar-refractivity contribution in [1.82, 2.24) is 4.98 Å². The third-order valence-electron chi connectivity index (χ3n) is 3.97. The van der Waals surface area contributed by atoms with Crippen LogP contribution in [0.4, 0.5) is 10.1 Å². The molecule has 0 radical (unpaired) electrons. The monoisotopic (exact) mass is 412 g/mol. The molecule has 1 aromatic carbocycles. The molecule has 1 amide bonds. The Balaban J connectivity index is 1.85. The molecule has 0 saturated carbocycles. The van der Waals surface area contributed by atoms with Crippen LogP contribution in [0.15, 0.2) is 36.4 Å². The molecule has 0 aliphatic carbocycles. The van der Waals surface area contributed by atoms with Gasteiger partial charge in [-0.1, -0.05) is 67.7 Å². The molecule has 0 unspecified atom stereocenters. The Morgan fingerprint density at radius 2 is 1.86 bits per heavy atom. The van der Waals surface area contributed by atoms with Gasteiger partial charge in [0.05, 0.1) is 9.80 Å². The van der Waals surface area contributed by atoms with E-state index in [0.29, 0.717) is 10.6 Å². The van der Waals surface area contributed by atoms with E-state index in [1.54, 1.807) is 0 Å². The number of amides is 1. The number of hydrogen-bond donors (Lipinski definition) is 1. The number of rotatable bonds is 4. The van der Waals surface area contributed by atoms with Crippen molar-refractivity contribution < 1.29 is 9.72 Å². The molecule has 3 aromatic rings. The Bertz CT molecular complexity index is 1090. The molecule has 2 aromatic heterocycles. The van der Waals surface area contributed by atoms with Gasteiger partial charge in [-0.3, -0.25) is 20.2 Å². The van der Waals surface area contributed by atoms with Gasteiger partial charge in [-0.15, -0.1) is 0 Å². The standard InChI is InChI=1S/C19H16N4O3S2/c1-19(2,3)12-6-4-11(5-7-12)16-14(10-20)28-18(21-16)22-17(24)13-8-9-15(27-13)23(25)26/h4-9H,1-3H3,(H,21,22,24). The maximum absolute atomic E-state index is 12.3. The van der Waals surface area contributed by atoms with Crippen LogP contribution >= 0.6 is 22.7 Å². The Morgan fingerprint density at radius 3 is 2.39 bits per heavy atom. The first-order valence-corrected chi connectivity index (χ1v) is 9.90. The SMILES string of the molecule is CC(C)(C)c1ccc(-c2nc(NC(=O)c3ccc([N+](=O)[O-])s3)sc2C#N)cc1. The van der Waals surface area contributed by atoms with Gasteiger partial charge < -0.3 is 0 Å². The molecule has 0 aliphatic rings. The molecule has 0 atom stereocenters. The van der Waals surface area contributed by atoms with Crippen LogP contribution in [0, 0.1) is 21.4 Å². The third-order valence-corrected chi connectivity index (χ3v) is 5.88. The first-order valence-electron chi connectivity index (χ1n) is 8.26. The second kappa shape index (κ2) is 7.50. The maximum Gasteiger partial charge on any atom is 0.324 e. The van der Waals surface area contributed by atoms with E-state index in [-0.39, 0.29) is 20.4 Å². The molecule has 0 fully saturated rings. The first-order chi connectivity index (χ1) is 13.2. The molecule has 1 N–H and O–H groups in total. The minimum Gasteiger partial charge on any atom is -0.297 e. The van der Waals surface area contributed by atoms with Gasteiger partial charge >= 0.3 is 5.00 Å². The predicted molar refractivity (Wildman–Crippen MR) is 110 cm³/mol. The van der Waals surface area contributed by atoms with Gasteiger partial charge in [0, 0.05) is 11.6 Å². The van der Waals surface area contributed by atoms with E-state index in [2.05, 4.69) is 37.1 Å². The lowest BCUT2D eigenvalue weighted by atomic mass is 9.86. The normalized spacial score (nSPS) is 11.1. The molecule has 9 heteroatoms. The van der Waals surface area contributed by atoms with Crippen LogP contribution in [0.1, 0.15) is 40.9 Å². The fourth-order valence-electron chi connectivity index (χ4n) is 2.48. The van der Waals surface area contributed by atoms with Crippen molar-refractivity contribution in [2.45, 2.75) is 26.2 Å². The van der Waals surface area contributed by atoms with Gasteiger partial charge in [-0.25, -0.2) is 4.98 Å². The number of anilines is 1. The van der Waals surface area contributed by atoms with Crippen LogP contribution in [0.5, 0.6) is 0 Å². The second-order valence-electron chi connectivity index (χ2n) is 6.99. The number of benzene rings is 1. The van der Waals surface area contributed by atoms with E-state index in [4.69, 9.17) is 0 Å². The van der Waals surface area contributed by atoms with Crippen molar-refractivity contribution in [2.75, 3.05) is 5.32 Å². The Kier molecular flexibility index (Phi) is 5.27. The summed E-state index contributed by atoms with van der Waals surface area (Å²) in [4.78, 5) is 27.5. The van der Waals surface area contributed by atoms with E-state index in [9.17, 15) is 20.2 Å². The summed E-state index contributed by atoms with van der Waals surface area (Å²) in [6.45, 7) is 6.36. The zero-order chi connectivity index (χ0) is 20.5. The van der Waals surface area contributed by atoms with Crippen molar-refractivity contribution in [3.63, 3.8) is 0 Å². The quantitative estimate of drug-likeness (QED) is 0.468. The van der Waals surface area contributed by atoms with E-state index in [1.165, 1.54) is 12.1 Å². The van der Waals surface area contributed by atoms with E-state index in [1.807, 2.05) is 24.3 Å². The number of thiazole rings is 1. The smallest absolute Gasteiger partial charge is 0.297 e. The van der Waals surface area contributed by atoms with E-state index >= 15 is 0 Å². The second-order valence-corrected chi connectivity index (χ2v) is 9.05. The average Bonchev–Trinajstić information content (AvgIpc) is 3.28. The summed E-state index contributed by atoms with van der Waals surface area (Å²) < 4.78 is 0. The van der Waals surface area contributed by atoms with Gasteiger partial charge in [0.25, 0.3) is 5.91 Å². The highest BCUT2D eigenvalue weighted by Gasteiger charge is 2.19. The van der Waals surface area contributed by atoms with Gasteiger partial charge in [0.1, 0.15) is 16.6 Å². The number of hydrogen-bond acceptors (Lipinski definition) is 7. The summed E-state index contributed by atoms with van der Waals surface area (Å²) >= 11 is 1.85. The summed E-state index contributed by atoms with van der Waals surface area (Å²) in [5, 5.41) is 23.0. The molecule has 0 spiro atoms.